The summed E-state index contributed by atoms with van der Waals surface area (Å²) >= 11 is 0. The van der Waals surface area contributed by atoms with E-state index in [9.17, 15) is 14.4 Å². The van der Waals surface area contributed by atoms with Gasteiger partial charge in [0.05, 0.1) is 0 Å². The van der Waals surface area contributed by atoms with Gasteiger partial charge in [-0.25, -0.2) is 4.98 Å². The number of rotatable bonds is 5. The molecule has 196 valence electrons. The van der Waals surface area contributed by atoms with Crippen LogP contribution < -0.4 is 10.9 Å². The standard InChI is InChI=1S/C33H26N4O3/c1-20-4-7-28(17-26(20)8-5-23-16-27-10-13-31(39)37-32(27)35-19-23)33(40)36-29-11-9-25(21(2)14-29)15-24-6-12-30(22(3)38)34-18-24/h4,6-7,9-14,16-19H,15H2,1-3H3,(H,36,40)(H,35,37,39). The van der Waals surface area contributed by atoms with Crippen LogP contribution in [0.25, 0.3) is 11.0 Å². The van der Waals surface area contributed by atoms with Gasteiger partial charge in [-0.15, -0.1) is 0 Å². The zero-order valence-corrected chi connectivity index (χ0v) is 22.3. The first-order chi connectivity index (χ1) is 19.2. The lowest BCUT2D eigenvalue weighted by Crippen LogP contribution is -2.12. The van der Waals surface area contributed by atoms with Gasteiger partial charge in [0, 0.05) is 53.1 Å². The number of aromatic amines is 1. The molecule has 2 aromatic carbocycles. The molecule has 1 amide bonds. The molecule has 40 heavy (non-hydrogen) atoms. The molecule has 0 saturated heterocycles. The number of hydrogen-bond acceptors (Lipinski definition) is 5. The summed E-state index contributed by atoms with van der Waals surface area (Å²) < 4.78 is 0. The lowest BCUT2D eigenvalue weighted by Gasteiger charge is -2.11. The summed E-state index contributed by atoms with van der Waals surface area (Å²) in [5, 5.41) is 3.77. The Balaban J connectivity index is 1.30. The van der Waals surface area contributed by atoms with Crippen molar-refractivity contribution in [2.24, 2.45) is 0 Å². The smallest absolute Gasteiger partial charge is 0.255 e. The predicted molar refractivity (Wildman–Crippen MR) is 156 cm³/mol. The van der Waals surface area contributed by atoms with Crippen LogP contribution in [-0.2, 0) is 6.42 Å². The third-order valence-electron chi connectivity index (χ3n) is 6.59. The van der Waals surface area contributed by atoms with Gasteiger partial charge in [-0.1, -0.05) is 30.0 Å². The summed E-state index contributed by atoms with van der Waals surface area (Å²) in [7, 11) is 0. The zero-order valence-electron chi connectivity index (χ0n) is 22.3. The highest BCUT2D eigenvalue weighted by Gasteiger charge is 2.10. The van der Waals surface area contributed by atoms with Crippen molar-refractivity contribution < 1.29 is 9.59 Å². The molecule has 0 spiro atoms. The van der Waals surface area contributed by atoms with Crippen molar-refractivity contribution in [2.45, 2.75) is 27.2 Å². The third-order valence-corrected chi connectivity index (χ3v) is 6.59. The number of carbonyl (C=O) groups excluding carboxylic acids is 2. The summed E-state index contributed by atoms with van der Waals surface area (Å²) in [6.07, 6.45) is 4.01. The van der Waals surface area contributed by atoms with E-state index in [-0.39, 0.29) is 17.2 Å². The minimum absolute atomic E-state index is 0.0580. The fourth-order valence-electron chi connectivity index (χ4n) is 4.28. The molecule has 0 fully saturated rings. The Kier molecular flexibility index (Phi) is 7.34. The van der Waals surface area contributed by atoms with Crippen molar-refractivity contribution in [3.8, 4) is 11.8 Å². The van der Waals surface area contributed by atoms with E-state index in [4.69, 9.17) is 0 Å². The molecule has 3 heterocycles. The van der Waals surface area contributed by atoms with Gasteiger partial charge in [0.2, 0.25) is 5.56 Å². The average Bonchev–Trinajstić information content (AvgIpc) is 2.94. The Bertz CT molecular complexity index is 1890. The predicted octanol–water partition coefficient (Wildman–Crippen LogP) is 5.38. The van der Waals surface area contributed by atoms with Gasteiger partial charge >= 0.3 is 0 Å². The van der Waals surface area contributed by atoms with Crippen molar-refractivity contribution in [1.82, 2.24) is 15.0 Å². The van der Waals surface area contributed by atoms with Crippen molar-refractivity contribution in [1.29, 1.82) is 0 Å². The summed E-state index contributed by atoms with van der Waals surface area (Å²) in [6.45, 7) is 5.45. The summed E-state index contributed by atoms with van der Waals surface area (Å²) in [5.41, 5.74) is 7.51. The van der Waals surface area contributed by atoms with Crippen molar-refractivity contribution >= 4 is 28.4 Å². The van der Waals surface area contributed by atoms with E-state index < -0.39 is 0 Å². The number of aryl methyl sites for hydroxylation is 2. The fraction of sp³-hybridized carbons (Fsp3) is 0.121. The molecule has 0 saturated carbocycles. The number of Topliss-reactive ketones (excluding diaryl/α,β-unsaturated/α-hetero) is 1. The number of amides is 1. The SMILES string of the molecule is CC(=O)c1ccc(Cc2ccc(NC(=O)c3ccc(C)c(C#Cc4cnc5[nH]c(=O)ccc5c4)c3)cc2C)cn1. The van der Waals surface area contributed by atoms with E-state index in [1.807, 2.05) is 50.2 Å². The van der Waals surface area contributed by atoms with E-state index in [0.717, 1.165) is 33.2 Å². The number of nitrogens with zero attached hydrogens (tertiary/aromatic N) is 2. The van der Waals surface area contributed by atoms with Crippen LogP contribution in [0.2, 0.25) is 0 Å². The number of H-pyrrole nitrogens is 1. The van der Waals surface area contributed by atoms with Crippen molar-refractivity contribution in [2.75, 3.05) is 5.32 Å². The van der Waals surface area contributed by atoms with Gasteiger partial charge in [0.25, 0.3) is 5.91 Å². The number of benzene rings is 2. The second-order valence-corrected chi connectivity index (χ2v) is 9.64. The fourth-order valence-corrected chi connectivity index (χ4v) is 4.28. The Morgan fingerprint density at radius 2 is 1.73 bits per heavy atom. The molecule has 7 nitrogen and oxygen atoms in total. The molecule has 0 aliphatic heterocycles. The van der Waals surface area contributed by atoms with Crippen LogP contribution in [0.4, 0.5) is 5.69 Å². The van der Waals surface area contributed by atoms with E-state index in [0.29, 0.717) is 34.6 Å². The molecule has 0 aliphatic carbocycles. The molecule has 2 N–H and O–H groups in total. The van der Waals surface area contributed by atoms with E-state index in [1.54, 1.807) is 36.7 Å². The molecular weight excluding hydrogens is 500 g/mol. The van der Waals surface area contributed by atoms with E-state index in [2.05, 4.69) is 32.1 Å². The van der Waals surface area contributed by atoms with Gasteiger partial charge in [0.15, 0.2) is 5.78 Å². The molecule has 0 aliphatic rings. The number of pyridine rings is 3. The number of ketones is 1. The quantitative estimate of drug-likeness (QED) is 0.236. The first kappa shape index (κ1) is 26.3. The number of fused-ring (bicyclic) bond motifs is 1. The molecule has 0 radical (unpaired) electrons. The van der Waals surface area contributed by atoms with Gasteiger partial charge in [-0.05, 0) is 85.0 Å². The van der Waals surface area contributed by atoms with E-state index in [1.165, 1.54) is 13.0 Å². The molecule has 5 rings (SSSR count). The van der Waals surface area contributed by atoms with Crippen LogP contribution in [0.15, 0.2) is 83.9 Å². The molecule has 0 atom stereocenters. The van der Waals surface area contributed by atoms with Gasteiger partial charge in [-0.2, -0.15) is 0 Å². The highest BCUT2D eigenvalue weighted by molar-refractivity contribution is 6.04. The number of carbonyl (C=O) groups is 2. The number of nitrogens with one attached hydrogen (secondary N) is 2. The summed E-state index contributed by atoms with van der Waals surface area (Å²) in [6, 6.07) is 19.9. The lowest BCUT2D eigenvalue weighted by molar-refractivity contribution is 0.100. The van der Waals surface area contributed by atoms with Crippen molar-refractivity contribution in [3.05, 3.63) is 134 Å². The third kappa shape index (κ3) is 6.03. The normalized spacial score (nSPS) is 10.6. The molecule has 0 unspecified atom stereocenters. The summed E-state index contributed by atoms with van der Waals surface area (Å²) in [5.74, 6) is 5.97. The van der Waals surface area contributed by atoms with Crippen molar-refractivity contribution in [3.63, 3.8) is 0 Å². The average molecular weight is 527 g/mol. The van der Waals surface area contributed by atoms with Gasteiger partial charge < -0.3 is 10.3 Å². The minimum atomic E-state index is -0.226. The number of anilines is 1. The number of hydrogen-bond donors (Lipinski definition) is 2. The van der Waals surface area contributed by atoms with Crippen LogP contribution in [0.1, 0.15) is 61.2 Å². The first-order valence-electron chi connectivity index (χ1n) is 12.7. The second-order valence-electron chi connectivity index (χ2n) is 9.64. The van der Waals surface area contributed by atoms with Crippen LogP contribution >= 0.6 is 0 Å². The van der Waals surface area contributed by atoms with Crippen LogP contribution in [0.5, 0.6) is 0 Å². The molecule has 5 aromatic rings. The topological polar surface area (TPSA) is 105 Å². The number of aromatic nitrogens is 3. The second kappa shape index (κ2) is 11.2. The van der Waals surface area contributed by atoms with Crippen LogP contribution in [0.3, 0.4) is 0 Å². The summed E-state index contributed by atoms with van der Waals surface area (Å²) in [4.78, 5) is 47.2. The minimum Gasteiger partial charge on any atom is -0.322 e. The van der Waals surface area contributed by atoms with Crippen LogP contribution in [-0.4, -0.2) is 26.6 Å². The Labute approximate surface area is 231 Å². The maximum absolute atomic E-state index is 13.1. The Morgan fingerprint density at radius 1 is 0.875 bits per heavy atom. The maximum Gasteiger partial charge on any atom is 0.255 e. The molecule has 3 aromatic heterocycles. The molecular formula is C33H26N4O3. The Hall–Kier alpha value is -5.35. The Morgan fingerprint density at radius 3 is 2.48 bits per heavy atom. The van der Waals surface area contributed by atoms with Gasteiger partial charge in [0.1, 0.15) is 11.3 Å². The largest absolute Gasteiger partial charge is 0.322 e. The molecule has 0 bridgehead atoms. The molecule has 7 heteroatoms. The zero-order chi connectivity index (χ0) is 28.2. The highest BCUT2D eigenvalue weighted by atomic mass is 16.1. The monoisotopic (exact) mass is 526 g/mol. The first-order valence-corrected chi connectivity index (χ1v) is 12.7. The van der Waals surface area contributed by atoms with E-state index >= 15 is 0 Å². The highest BCUT2D eigenvalue weighted by Crippen LogP contribution is 2.20. The van der Waals surface area contributed by atoms with Crippen LogP contribution in [0, 0.1) is 25.7 Å². The maximum atomic E-state index is 13.1. The lowest BCUT2D eigenvalue weighted by atomic mass is 10.0. The van der Waals surface area contributed by atoms with Gasteiger partial charge in [-0.3, -0.25) is 19.4 Å².